The second kappa shape index (κ2) is 8.39. The van der Waals surface area contributed by atoms with Gasteiger partial charge in [-0.25, -0.2) is 13.5 Å². The molecule has 0 saturated heterocycles. The number of sulfone groups is 1. The van der Waals surface area contributed by atoms with E-state index in [9.17, 15) is 13.2 Å². The first kappa shape index (κ1) is 21.4. The Morgan fingerprint density at radius 1 is 1.06 bits per heavy atom. The first-order chi connectivity index (χ1) is 15.4. The number of ether oxygens (including phenoxy) is 2. The molecule has 2 heterocycles. The van der Waals surface area contributed by atoms with Crippen LogP contribution in [0.25, 0.3) is 10.9 Å². The Morgan fingerprint density at radius 3 is 2.47 bits per heavy atom. The molecule has 0 amide bonds. The zero-order valence-electron chi connectivity index (χ0n) is 17.5. The van der Waals surface area contributed by atoms with Crippen molar-refractivity contribution in [2.75, 3.05) is 20.0 Å². The highest BCUT2D eigenvalue weighted by Gasteiger charge is 2.29. The zero-order valence-corrected chi connectivity index (χ0v) is 18.3. The Balaban J connectivity index is 1.82. The van der Waals surface area contributed by atoms with E-state index in [1.54, 1.807) is 38.5 Å². The third-order valence-corrected chi connectivity index (χ3v) is 7.12. The smallest absolute Gasteiger partial charge is 0.288 e. The van der Waals surface area contributed by atoms with E-state index in [0.29, 0.717) is 17.9 Å². The molecule has 9 nitrogen and oxygen atoms in total. The molecule has 0 atom stereocenters. The van der Waals surface area contributed by atoms with Crippen LogP contribution in [0, 0.1) is 0 Å². The maximum atomic E-state index is 13.4. The molecule has 0 radical (unpaired) electrons. The van der Waals surface area contributed by atoms with Crippen molar-refractivity contribution in [1.82, 2.24) is 14.8 Å². The van der Waals surface area contributed by atoms with E-state index < -0.39 is 15.4 Å². The van der Waals surface area contributed by atoms with Crippen molar-refractivity contribution in [3.05, 3.63) is 70.6 Å². The van der Waals surface area contributed by atoms with Crippen molar-refractivity contribution in [2.24, 2.45) is 0 Å². The lowest BCUT2D eigenvalue weighted by atomic mass is 10.1. The van der Waals surface area contributed by atoms with Gasteiger partial charge in [0, 0.05) is 11.9 Å². The number of nitrogens with one attached hydrogen (secondary N) is 1. The van der Waals surface area contributed by atoms with Crippen LogP contribution < -0.4 is 20.8 Å². The van der Waals surface area contributed by atoms with Crippen molar-refractivity contribution in [2.45, 2.75) is 22.8 Å². The molecule has 0 spiro atoms. The molecule has 4 aromatic rings. The van der Waals surface area contributed by atoms with Gasteiger partial charge in [0.1, 0.15) is 16.2 Å². The van der Waals surface area contributed by atoms with Crippen molar-refractivity contribution in [3.63, 3.8) is 0 Å². The molecule has 0 bridgehead atoms. The van der Waals surface area contributed by atoms with Crippen molar-refractivity contribution < 1.29 is 17.9 Å². The molecule has 2 aromatic heterocycles. The van der Waals surface area contributed by atoms with Gasteiger partial charge in [0.05, 0.1) is 25.3 Å². The number of aromatic nitrogens is 3. The number of nitrogen functional groups attached to an aromatic ring is 1. The molecule has 0 fully saturated rings. The van der Waals surface area contributed by atoms with E-state index >= 15 is 0 Å². The van der Waals surface area contributed by atoms with Gasteiger partial charge in [-0.1, -0.05) is 24.3 Å². The molecule has 0 aliphatic carbocycles. The number of fused-ring (bicyclic) bond motifs is 1. The van der Waals surface area contributed by atoms with Crippen LogP contribution in [0.3, 0.4) is 0 Å². The fourth-order valence-electron chi connectivity index (χ4n) is 3.72. The topological polar surface area (TPSA) is 129 Å². The number of nitrogens with zero attached hydrogens (tertiary/aromatic N) is 2. The van der Waals surface area contributed by atoms with E-state index in [1.807, 2.05) is 12.1 Å². The van der Waals surface area contributed by atoms with Crippen LogP contribution in [0.5, 0.6) is 11.5 Å². The molecule has 0 saturated carbocycles. The fourth-order valence-corrected chi connectivity index (χ4v) is 5.29. The molecule has 4 rings (SSSR count). The van der Waals surface area contributed by atoms with Crippen molar-refractivity contribution in [1.29, 1.82) is 0 Å². The summed E-state index contributed by atoms with van der Waals surface area (Å²) in [7, 11) is -0.867. The third kappa shape index (κ3) is 3.58. The summed E-state index contributed by atoms with van der Waals surface area (Å²) in [6, 6.07) is 13.4. The molecule has 10 heteroatoms. The second-order valence-corrected chi connectivity index (χ2v) is 8.97. The van der Waals surface area contributed by atoms with Crippen LogP contribution in [-0.2, 0) is 22.8 Å². The summed E-state index contributed by atoms with van der Waals surface area (Å²) >= 11 is 0. The third-order valence-electron chi connectivity index (χ3n) is 5.26. The Bertz CT molecular complexity index is 1440. The highest BCUT2D eigenvalue weighted by atomic mass is 32.2. The number of methoxy groups -OCH3 is 2. The lowest BCUT2D eigenvalue weighted by Gasteiger charge is -2.11. The minimum absolute atomic E-state index is 0.0113. The minimum Gasteiger partial charge on any atom is -0.493 e. The average molecular weight is 455 g/mol. The van der Waals surface area contributed by atoms with Crippen molar-refractivity contribution >= 4 is 26.6 Å². The monoisotopic (exact) mass is 454 g/mol. The molecule has 3 N–H and O–H groups in total. The zero-order chi connectivity index (χ0) is 22.9. The summed E-state index contributed by atoms with van der Waals surface area (Å²) in [6.07, 6.45) is 1.79. The van der Waals surface area contributed by atoms with Gasteiger partial charge in [0.15, 0.2) is 11.5 Å². The van der Waals surface area contributed by atoms with E-state index in [-0.39, 0.29) is 33.1 Å². The van der Waals surface area contributed by atoms with Crippen LogP contribution in [0.4, 0.5) is 5.82 Å². The summed E-state index contributed by atoms with van der Waals surface area (Å²) in [5, 5.41) is 6.34. The van der Waals surface area contributed by atoms with Crippen LogP contribution in [0.15, 0.2) is 69.3 Å². The minimum atomic E-state index is -3.97. The molecule has 32 heavy (non-hydrogen) atoms. The van der Waals surface area contributed by atoms with Gasteiger partial charge in [0.25, 0.3) is 5.56 Å². The highest BCUT2D eigenvalue weighted by molar-refractivity contribution is 7.92. The maximum absolute atomic E-state index is 13.4. The van der Waals surface area contributed by atoms with Gasteiger partial charge in [-0.05, 0) is 36.2 Å². The van der Waals surface area contributed by atoms with E-state index in [2.05, 4.69) is 10.2 Å². The first-order valence-electron chi connectivity index (χ1n) is 9.75. The van der Waals surface area contributed by atoms with E-state index in [4.69, 9.17) is 15.2 Å². The number of anilines is 1. The number of rotatable bonds is 7. The summed E-state index contributed by atoms with van der Waals surface area (Å²) in [4.78, 5) is 12.6. The Labute approximate surface area is 184 Å². The van der Waals surface area contributed by atoms with Gasteiger partial charge in [-0.15, -0.1) is 0 Å². The van der Waals surface area contributed by atoms with Gasteiger partial charge in [-0.3, -0.25) is 4.79 Å². The number of H-pyrrole nitrogens is 1. The summed E-state index contributed by atoms with van der Waals surface area (Å²) in [6.45, 7) is 0.273. The van der Waals surface area contributed by atoms with Gasteiger partial charge < -0.3 is 19.8 Å². The number of hydrogen-bond acceptors (Lipinski definition) is 7. The van der Waals surface area contributed by atoms with Gasteiger partial charge >= 0.3 is 0 Å². The lowest BCUT2D eigenvalue weighted by Crippen LogP contribution is -2.14. The summed E-state index contributed by atoms with van der Waals surface area (Å²) < 4.78 is 38.8. The summed E-state index contributed by atoms with van der Waals surface area (Å²) in [5.41, 5.74) is 6.88. The van der Waals surface area contributed by atoms with Crippen LogP contribution in [0.1, 0.15) is 5.56 Å². The second-order valence-electron chi connectivity index (χ2n) is 7.08. The fraction of sp³-hybridized carbons (Fsp3) is 0.182. The molecule has 0 aliphatic heterocycles. The molecule has 0 unspecified atom stereocenters. The Kier molecular flexibility index (Phi) is 5.62. The van der Waals surface area contributed by atoms with Crippen molar-refractivity contribution in [3.8, 4) is 11.5 Å². The van der Waals surface area contributed by atoms with Crippen LogP contribution >= 0.6 is 0 Å². The van der Waals surface area contributed by atoms with E-state index in [0.717, 1.165) is 5.56 Å². The average Bonchev–Trinajstić information content (AvgIpc) is 3.10. The Morgan fingerprint density at radius 2 is 1.78 bits per heavy atom. The number of aryl methyl sites for hydroxylation is 2. The highest BCUT2D eigenvalue weighted by Crippen LogP contribution is 2.34. The Hall–Kier alpha value is -3.79. The van der Waals surface area contributed by atoms with Crippen LogP contribution in [0.2, 0.25) is 0 Å². The molecular weight excluding hydrogens is 432 g/mol. The lowest BCUT2D eigenvalue weighted by molar-refractivity contribution is 0.354. The number of hydrogen-bond donors (Lipinski definition) is 2. The first-order valence-corrected chi connectivity index (χ1v) is 11.2. The quantitative estimate of drug-likeness (QED) is 0.439. The molecular formula is C22H22N4O5S. The van der Waals surface area contributed by atoms with E-state index in [1.165, 1.54) is 22.9 Å². The maximum Gasteiger partial charge on any atom is 0.288 e. The van der Waals surface area contributed by atoms with Gasteiger partial charge in [0.2, 0.25) is 9.84 Å². The number of aromatic amines is 1. The van der Waals surface area contributed by atoms with Gasteiger partial charge in [-0.2, -0.15) is 5.10 Å². The van der Waals surface area contributed by atoms with Crippen LogP contribution in [-0.4, -0.2) is 37.4 Å². The standard InChI is InChI=1S/C22H22N4O5S/c1-30-17-9-8-14(12-18(17)31-2)10-11-26-19-16(13-24-25-22(19)27)20(21(26)23)32(28,29)15-6-4-3-5-7-15/h3-9,12-13H,10-11,23H2,1-2H3,(H,25,27). The SMILES string of the molecule is COc1ccc(CCn2c(N)c(S(=O)(=O)c3ccccc3)c3cn[nH]c(=O)c32)cc1OC. The molecule has 0 aliphatic rings. The predicted octanol–water partition coefficient (Wildman–Crippen LogP) is 2.40. The largest absolute Gasteiger partial charge is 0.493 e. The predicted molar refractivity (Wildman–Crippen MR) is 120 cm³/mol. The number of nitrogens with two attached hydrogens (primary N) is 1. The molecule has 166 valence electrons. The number of benzene rings is 2. The molecule has 2 aromatic carbocycles. The normalized spacial score (nSPS) is 11.6. The summed E-state index contributed by atoms with van der Waals surface area (Å²) in [5.74, 6) is 1.16.